The van der Waals surface area contributed by atoms with Crippen LogP contribution in [0.25, 0.3) is 0 Å². The molecule has 0 saturated carbocycles. The molecule has 3 aromatic rings. The normalized spacial score (nSPS) is 11.5. The van der Waals surface area contributed by atoms with Crippen molar-refractivity contribution in [1.29, 1.82) is 0 Å². The molecule has 5 nitrogen and oxygen atoms in total. The molecule has 9 heteroatoms. The molecule has 0 spiro atoms. The Bertz CT molecular complexity index is 1150. The number of amides is 1. The molecule has 0 heterocycles. The van der Waals surface area contributed by atoms with E-state index in [0.29, 0.717) is 26.3 Å². The highest BCUT2D eigenvalue weighted by Crippen LogP contribution is 2.24. The van der Waals surface area contributed by atoms with Crippen LogP contribution in [0.1, 0.15) is 5.56 Å². The molecule has 1 N–H and O–H groups in total. The zero-order valence-corrected chi connectivity index (χ0v) is 18.6. The fourth-order valence-corrected chi connectivity index (χ4v) is 4.59. The van der Waals surface area contributed by atoms with Gasteiger partial charge in [-0.05, 0) is 48.0 Å². The fourth-order valence-electron chi connectivity index (χ4n) is 2.71. The van der Waals surface area contributed by atoms with Crippen molar-refractivity contribution in [3.05, 3.63) is 93.4 Å². The van der Waals surface area contributed by atoms with E-state index in [1.165, 1.54) is 24.3 Å². The van der Waals surface area contributed by atoms with Crippen LogP contribution in [0.15, 0.2) is 77.7 Å². The average molecular weight is 484 g/mol. The molecular weight excluding hydrogens is 467 g/mol. The minimum Gasteiger partial charge on any atom is -0.324 e. The zero-order chi connectivity index (χ0) is 21.7. The van der Waals surface area contributed by atoms with Gasteiger partial charge in [0.15, 0.2) is 0 Å². The molecule has 0 aliphatic rings. The summed E-state index contributed by atoms with van der Waals surface area (Å²) in [6, 6.07) is 19.3. The SMILES string of the molecule is O=C(CN(Cc1ccccc1Cl)S(=O)(=O)c1ccc(Cl)cc1)Nc1ccccc1Cl. The van der Waals surface area contributed by atoms with E-state index in [4.69, 9.17) is 34.8 Å². The highest BCUT2D eigenvalue weighted by molar-refractivity contribution is 7.89. The van der Waals surface area contributed by atoms with Crippen molar-refractivity contribution in [2.24, 2.45) is 0 Å². The van der Waals surface area contributed by atoms with E-state index in [1.807, 2.05) is 0 Å². The molecular formula is C21H17Cl3N2O3S. The van der Waals surface area contributed by atoms with Gasteiger partial charge >= 0.3 is 0 Å². The van der Waals surface area contributed by atoms with Crippen LogP contribution in [0, 0.1) is 0 Å². The lowest BCUT2D eigenvalue weighted by Crippen LogP contribution is -2.37. The monoisotopic (exact) mass is 482 g/mol. The van der Waals surface area contributed by atoms with Gasteiger partial charge in [0.05, 0.1) is 22.2 Å². The van der Waals surface area contributed by atoms with Gasteiger partial charge in [-0.2, -0.15) is 4.31 Å². The van der Waals surface area contributed by atoms with Gasteiger partial charge in [0.25, 0.3) is 0 Å². The van der Waals surface area contributed by atoms with Gasteiger partial charge in [0, 0.05) is 16.6 Å². The molecule has 0 aliphatic heterocycles. The number of para-hydroxylation sites is 1. The first-order chi connectivity index (χ1) is 14.3. The van der Waals surface area contributed by atoms with Crippen LogP contribution in [0.4, 0.5) is 5.69 Å². The summed E-state index contributed by atoms with van der Waals surface area (Å²) in [5.74, 6) is -0.535. The van der Waals surface area contributed by atoms with Crippen molar-refractivity contribution >= 4 is 56.4 Å². The van der Waals surface area contributed by atoms with E-state index < -0.39 is 22.5 Å². The van der Waals surface area contributed by atoms with Gasteiger partial charge in [-0.3, -0.25) is 4.79 Å². The molecule has 0 unspecified atom stereocenters. The summed E-state index contributed by atoms with van der Waals surface area (Å²) in [5.41, 5.74) is 0.966. The molecule has 0 fully saturated rings. The number of hydrogen-bond acceptors (Lipinski definition) is 3. The second-order valence-electron chi connectivity index (χ2n) is 6.35. The molecule has 0 aromatic heterocycles. The van der Waals surface area contributed by atoms with Gasteiger partial charge in [-0.25, -0.2) is 8.42 Å². The number of halogens is 3. The van der Waals surface area contributed by atoms with E-state index >= 15 is 0 Å². The molecule has 0 saturated heterocycles. The van der Waals surface area contributed by atoms with Crippen LogP contribution >= 0.6 is 34.8 Å². The van der Waals surface area contributed by atoms with Crippen molar-refractivity contribution < 1.29 is 13.2 Å². The topological polar surface area (TPSA) is 66.5 Å². The summed E-state index contributed by atoms with van der Waals surface area (Å²) in [4.78, 5) is 12.7. The number of nitrogens with one attached hydrogen (secondary N) is 1. The highest BCUT2D eigenvalue weighted by atomic mass is 35.5. The molecule has 0 atom stereocenters. The third kappa shape index (κ3) is 5.53. The first-order valence-electron chi connectivity index (χ1n) is 8.81. The first kappa shape index (κ1) is 22.6. The van der Waals surface area contributed by atoms with E-state index in [1.54, 1.807) is 48.5 Å². The number of sulfonamides is 1. The molecule has 0 radical (unpaired) electrons. The van der Waals surface area contributed by atoms with Crippen LogP contribution < -0.4 is 5.32 Å². The van der Waals surface area contributed by atoms with Gasteiger partial charge < -0.3 is 5.32 Å². The summed E-state index contributed by atoms with van der Waals surface area (Å²) in [6.45, 7) is -0.512. The Hall–Kier alpha value is -2.09. The van der Waals surface area contributed by atoms with Crippen LogP contribution in [0.5, 0.6) is 0 Å². The summed E-state index contributed by atoms with van der Waals surface area (Å²) < 4.78 is 27.6. The molecule has 3 rings (SSSR count). The Labute approximate surface area is 190 Å². The second kappa shape index (κ2) is 9.81. The molecule has 3 aromatic carbocycles. The minimum atomic E-state index is -4.01. The summed E-state index contributed by atoms with van der Waals surface area (Å²) >= 11 is 18.2. The number of rotatable bonds is 7. The third-order valence-corrected chi connectivity index (χ3v) is 6.98. The van der Waals surface area contributed by atoms with Crippen molar-refractivity contribution in [1.82, 2.24) is 4.31 Å². The van der Waals surface area contributed by atoms with E-state index in [-0.39, 0.29) is 11.4 Å². The second-order valence-corrected chi connectivity index (χ2v) is 9.54. The fraction of sp³-hybridized carbons (Fsp3) is 0.0952. The maximum atomic E-state index is 13.2. The molecule has 0 bridgehead atoms. The van der Waals surface area contributed by atoms with Crippen molar-refractivity contribution in [2.75, 3.05) is 11.9 Å². The lowest BCUT2D eigenvalue weighted by Gasteiger charge is -2.22. The average Bonchev–Trinajstić information content (AvgIpc) is 2.71. The number of carbonyl (C=O) groups is 1. The zero-order valence-electron chi connectivity index (χ0n) is 15.6. The Morgan fingerprint density at radius 1 is 0.833 bits per heavy atom. The van der Waals surface area contributed by atoms with Crippen molar-refractivity contribution in [2.45, 2.75) is 11.4 Å². The number of anilines is 1. The van der Waals surface area contributed by atoms with Gasteiger partial charge in [0.2, 0.25) is 15.9 Å². The smallest absolute Gasteiger partial charge is 0.243 e. The number of benzene rings is 3. The Morgan fingerprint density at radius 2 is 1.43 bits per heavy atom. The van der Waals surface area contributed by atoms with Gasteiger partial charge in [-0.15, -0.1) is 0 Å². The quantitative estimate of drug-likeness (QED) is 0.484. The van der Waals surface area contributed by atoms with Crippen molar-refractivity contribution in [3.63, 3.8) is 0 Å². The summed E-state index contributed by atoms with van der Waals surface area (Å²) in [6.07, 6.45) is 0. The minimum absolute atomic E-state index is 0.0181. The standard InChI is InChI=1S/C21H17Cl3N2O3S/c22-16-9-11-17(12-10-16)30(28,29)26(13-15-5-1-2-6-18(15)23)14-21(27)25-20-8-4-3-7-19(20)24/h1-12H,13-14H2,(H,25,27). The van der Waals surface area contributed by atoms with Crippen LogP contribution in [-0.4, -0.2) is 25.2 Å². The lowest BCUT2D eigenvalue weighted by molar-refractivity contribution is -0.116. The molecule has 0 aliphatic carbocycles. The highest BCUT2D eigenvalue weighted by Gasteiger charge is 2.27. The lowest BCUT2D eigenvalue weighted by atomic mass is 10.2. The van der Waals surface area contributed by atoms with Crippen molar-refractivity contribution in [3.8, 4) is 0 Å². The number of hydrogen-bond donors (Lipinski definition) is 1. The summed E-state index contributed by atoms with van der Waals surface area (Å²) in [5, 5.41) is 3.80. The van der Waals surface area contributed by atoms with Gasteiger partial charge in [0.1, 0.15) is 0 Å². The molecule has 156 valence electrons. The van der Waals surface area contributed by atoms with Crippen LogP contribution in [0.2, 0.25) is 15.1 Å². The summed E-state index contributed by atoms with van der Waals surface area (Å²) in [7, 11) is -4.01. The predicted octanol–water partition coefficient (Wildman–Crippen LogP) is 5.48. The van der Waals surface area contributed by atoms with E-state index in [2.05, 4.69) is 5.32 Å². The predicted molar refractivity (Wildman–Crippen MR) is 121 cm³/mol. The molecule has 30 heavy (non-hydrogen) atoms. The van der Waals surface area contributed by atoms with E-state index in [9.17, 15) is 13.2 Å². The first-order valence-corrected chi connectivity index (χ1v) is 11.4. The third-order valence-electron chi connectivity index (χ3n) is 4.22. The number of carbonyl (C=O) groups excluding carboxylic acids is 1. The molecule has 1 amide bonds. The van der Waals surface area contributed by atoms with Crippen LogP contribution in [0.3, 0.4) is 0 Å². The maximum absolute atomic E-state index is 13.2. The number of nitrogens with zero attached hydrogens (tertiary/aromatic N) is 1. The largest absolute Gasteiger partial charge is 0.324 e. The Balaban J connectivity index is 1.91. The van der Waals surface area contributed by atoms with Crippen LogP contribution in [-0.2, 0) is 21.4 Å². The maximum Gasteiger partial charge on any atom is 0.243 e. The van der Waals surface area contributed by atoms with Gasteiger partial charge in [-0.1, -0.05) is 65.1 Å². The Kier molecular flexibility index (Phi) is 7.39. The Morgan fingerprint density at radius 3 is 2.07 bits per heavy atom. The van der Waals surface area contributed by atoms with E-state index in [0.717, 1.165) is 4.31 Å².